The molecule has 0 radical (unpaired) electrons. The summed E-state index contributed by atoms with van der Waals surface area (Å²) in [6.07, 6.45) is 1.85. The molecule has 2 aromatic rings. The van der Waals surface area contributed by atoms with Gasteiger partial charge in [0, 0.05) is 5.69 Å². The molecule has 0 spiro atoms. The monoisotopic (exact) mass is 384 g/mol. The van der Waals surface area contributed by atoms with Gasteiger partial charge < -0.3 is 5.32 Å². The Labute approximate surface area is 151 Å². The molecule has 2 rings (SSSR count). The van der Waals surface area contributed by atoms with Gasteiger partial charge >= 0.3 is 0 Å². The van der Waals surface area contributed by atoms with Crippen molar-refractivity contribution in [2.75, 3.05) is 22.4 Å². The van der Waals surface area contributed by atoms with Gasteiger partial charge in [0.15, 0.2) is 0 Å². The number of hydrogen-bond donors (Lipinski definition) is 1. The Morgan fingerprint density at radius 3 is 2.36 bits per heavy atom. The van der Waals surface area contributed by atoms with E-state index in [9.17, 15) is 17.6 Å². The molecule has 0 saturated heterocycles. The van der Waals surface area contributed by atoms with Gasteiger partial charge in [-0.15, -0.1) is 0 Å². The highest BCUT2D eigenvalue weighted by Crippen LogP contribution is 2.21. The minimum atomic E-state index is -3.65. The van der Waals surface area contributed by atoms with Crippen LogP contribution in [-0.4, -0.2) is 27.1 Å². The summed E-state index contributed by atoms with van der Waals surface area (Å²) in [5.41, 5.74) is 1.74. The molecule has 2 aromatic carbocycles. The summed E-state index contributed by atoms with van der Waals surface area (Å²) in [6, 6.07) is 10.7. The number of aryl methyl sites for hydroxylation is 1. The lowest BCUT2D eigenvalue weighted by molar-refractivity contribution is -0.114. The molecule has 0 atom stereocenters. The summed E-state index contributed by atoms with van der Waals surface area (Å²) in [7, 11) is -3.65. The van der Waals surface area contributed by atoms with Gasteiger partial charge in [-0.05, 0) is 42.3 Å². The summed E-state index contributed by atoms with van der Waals surface area (Å²) >= 11 is 5.67. The van der Waals surface area contributed by atoms with Crippen molar-refractivity contribution in [2.45, 2.75) is 13.3 Å². The number of nitrogens with zero attached hydrogens (tertiary/aromatic N) is 1. The van der Waals surface area contributed by atoms with Crippen LogP contribution in [0, 0.1) is 5.82 Å². The van der Waals surface area contributed by atoms with Gasteiger partial charge in [0.2, 0.25) is 15.9 Å². The minimum Gasteiger partial charge on any atom is -0.324 e. The standard InChI is InChI=1S/C17H18ClFN2O3S/c1-3-12-4-7-14(8-5-12)21(25(2,23)24)11-17(22)20-13-6-9-16(19)15(18)10-13/h4-10H,3,11H2,1-2H3,(H,20,22). The van der Waals surface area contributed by atoms with E-state index in [-0.39, 0.29) is 10.7 Å². The predicted octanol–water partition coefficient (Wildman–Crippen LogP) is 3.45. The molecule has 5 nitrogen and oxygen atoms in total. The molecule has 0 aliphatic heterocycles. The van der Waals surface area contributed by atoms with E-state index >= 15 is 0 Å². The van der Waals surface area contributed by atoms with Crippen LogP contribution in [0.25, 0.3) is 0 Å². The number of halogens is 2. The van der Waals surface area contributed by atoms with Crippen LogP contribution >= 0.6 is 11.6 Å². The summed E-state index contributed by atoms with van der Waals surface area (Å²) in [6.45, 7) is 1.59. The Morgan fingerprint density at radius 2 is 1.84 bits per heavy atom. The topological polar surface area (TPSA) is 66.5 Å². The number of amides is 1. The molecular formula is C17H18ClFN2O3S. The van der Waals surface area contributed by atoms with Crippen LogP contribution in [0.1, 0.15) is 12.5 Å². The molecule has 0 aliphatic rings. The first-order valence-electron chi connectivity index (χ1n) is 7.52. The summed E-state index contributed by atoms with van der Waals surface area (Å²) < 4.78 is 38.3. The lowest BCUT2D eigenvalue weighted by Gasteiger charge is -2.22. The predicted molar refractivity (Wildman–Crippen MR) is 98.0 cm³/mol. The van der Waals surface area contributed by atoms with E-state index in [1.165, 1.54) is 12.1 Å². The smallest absolute Gasteiger partial charge is 0.245 e. The molecule has 0 unspecified atom stereocenters. The SMILES string of the molecule is CCc1ccc(N(CC(=O)Nc2ccc(F)c(Cl)c2)S(C)(=O)=O)cc1. The average molecular weight is 385 g/mol. The summed E-state index contributed by atoms with van der Waals surface area (Å²) in [5.74, 6) is -1.17. The molecule has 0 heterocycles. The Hall–Kier alpha value is -2.12. The van der Waals surface area contributed by atoms with Crippen LogP contribution < -0.4 is 9.62 Å². The number of hydrogen-bond acceptors (Lipinski definition) is 3. The van der Waals surface area contributed by atoms with E-state index in [0.717, 1.165) is 28.6 Å². The van der Waals surface area contributed by atoms with Crippen molar-refractivity contribution >= 4 is 38.9 Å². The largest absolute Gasteiger partial charge is 0.324 e. The van der Waals surface area contributed by atoms with Gasteiger partial charge in [0.25, 0.3) is 0 Å². The third-order valence-corrected chi connectivity index (χ3v) is 4.95. The highest BCUT2D eigenvalue weighted by atomic mass is 35.5. The van der Waals surface area contributed by atoms with Crippen LogP contribution in [0.4, 0.5) is 15.8 Å². The van der Waals surface area contributed by atoms with E-state index < -0.39 is 28.3 Å². The van der Waals surface area contributed by atoms with Crippen LogP contribution in [0.3, 0.4) is 0 Å². The fourth-order valence-electron chi connectivity index (χ4n) is 2.20. The van der Waals surface area contributed by atoms with Gasteiger partial charge in [-0.1, -0.05) is 30.7 Å². The second-order valence-electron chi connectivity index (χ2n) is 5.47. The molecule has 134 valence electrons. The van der Waals surface area contributed by atoms with E-state index in [4.69, 9.17) is 11.6 Å². The summed E-state index contributed by atoms with van der Waals surface area (Å²) in [5, 5.41) is 2.38. The van der Waals surface area contributed by atoms with Gasteiger partial charge in [0.1, 0.15) is 12.4 Å². The van der Waals surface area contributed by atoms with Crippen molar-refractivity contribution in [2.24, 2.45) is 0 Å². The molecule has 1 amide bonds. The number of nitrogens with one attached hydrogen (secondary N) is 1. The van der Waals surface area contributed by atoms with Gasteiger partial charge in [-0.2, -0.15) is 0 Å². The van der Waals surface area contributed by atoms with Crippen LogP contribution in [-0.2, 0) is 21.2 Å². The van der Waals surface area contributed by atoms with Crippen molar-refractivity contribution in [1.29, 1.82) is 0 Å². The first-order valence-corrected chi connectivity index (χ1v) is 9.75. The van der Waals surface area contributed by atoms with E-state index in [1.54, 1.807) is 12.1 Å². The Bertz CT molecular complexity index is 870. The fourth-order valence-corrected chi connectivity index (χ4v) is 3.24. The van der Waals surface area contributed by atoms with E-state index in [0.29, 0.717) is 5.69 Å². The maximum absolute atomic E-state index is 13.2. The Morgan fingerprint density at radius 1 is 1.20 bits per heavy atom. The normalized spacial score (nSPS) is 11.2. The number of anilines is 2. The van der Waals surface area contributed by atoms with Crippen LogP contribution in [0.5, 0.6) is 0 Å². The Balaban J connectivity index is 2.18. The van der Waals surface area contributed by atoms with E-state index in [1.807, 2.05) is 19.1 Å². The second-order valence-corrected chi connectivity index (χ2v) is 7.78. The minimum absolute atomic E-state index is 0.132. The molecule has 25 heavy (non-hydrogen) atoms. The van der Waals surface area contributed by atoms with Crippen LogP contribution in [0.2, 0.25) is 5.02 Å². The molecule has 0 aromatic heterocycles. The number of carbonyl (C=O) groups is 1. The Kier molecular flexibility index (Phi) is 6.02. The van der Waals surface area contributed by atoms with Crippen molar-refractivity contribution in [1.82, 2.24) is 0 Å². The first-order chi connectivity index (χ1) is 11.7. The molecule has 8 heteroatoms. The van der Waals surface area contributed by atoms with Crippen molar-refractivity contribution in [3.05, 3.63) is 58.9 Å². The number of carbonyl (C=O) groups excluding carboxylic acids is 1. The third kappa shape index (κ3) is 5.17. The maximum Gasteiger partial charge on any atom is 0.245 e. The van der Waals surface area contributed by atoms with Crippen molar-refractivity contribution in [3.8, 4) is 0 Å². The molecular weight excluding hydrogens is 367 g/mol. The number of benzene rings is 2. The lowest BCUT2D eigenvalue weighted by atomic mass is 10.1. The van der Waals surface area contributed by atoms with Crippen molar-refractivity contribution < 1.29 is 17.6 Å². The number of rotatable bonds is 6. The third-order valence-electron chi connectivity index (χ3n) is 3.52. The molecule has 0 fully saturated rings. The quantitative estimate of drug-likeness (QED) is 0.829. The van der Waals surface area contributed by atoms with Gasteiger partial charge in [-0.3, -0.25) is 9.10 Å². The highest BCUT2D eigenvalue weighted by Gasteiger charge is 2.21. The second kappa shape index (κ2) is 7.84. The first kappa shape index (κ1) is 19.2. The molecule has 1 N–H and O–H groups in total. The van der Waals surface area contributed by atoms with Gasteiger partial charge in [-0.25, -0.2) is 12.8 Å². The van der Waals surface area contributed by atoms with Crippen LogP contribution in [0.15, 0.2) is 42.5 Å². The molecule has 0 aliphatic carbocycles. The zero-order valence-corrected chi connectivity index (χ0v) is 15.4. The average Bonchev–Trinajstić information content (AvgIpc) is 2.55. The molecule has 0 bridgehead atoms. The van der Waals surface area contributed by atoms with E-state index in [2.05, 4.69) is 5.32 Å². The van der Waals surface area contributed by atoms with Gasteiger partial charge in [0.05, 0.1) is 17.0 Å². The molecule has 0 saturated carbocycles. The zero-order valence-electron chi connectivity index (χ0n) is 13.8. The highest BCUT2D eigenvalue weighted by molar-refractivity contribution is 7.92. The fraction of sp³-hybridized carbons (Fsp3) is 0.235. The van der Waals surface area contributed by atoms with Crippen molar-refractivity contribution in [3.63, 3.8) is 0 Å². The lowest BCUT2D eigenvalue weighted by Crippen LogP contribution is -2.37. The number of sulfonamides is 1. The zero-order chi connectivity index (χ0) is 18.6. The maximum atomic E-state index is 13.2. The summed E-state index contributed by atoms with van der Waals surface area (Å²) in [4.78, 5) is 12.2.